The number of benzene rings is 1. The number of pyridine rings is 1. The summed E-state index contributed by atoms with van der Waals surface area (Å²) in [7, 11) is 0. The summed E-state index contributed by atoms with van der Waals surface area (Å²) in [4.78, 5) is 30.7. The van der Waals surface area contributed by atoms with Crippen molar-refractivity contribution >= 4 is 17.5 Å². The van der Waals surface area contributed by atoms with E-state index >= 15 is 0 Å². The molecule has 1 aromatic heterocycles. The van der Waals surface area contributed by atoms with E-state index in [4.69, 9.17) is 0 Å². The summed E-state index contributed by atoms with van der Waals surface area (Å²) in [6.45, 7) is 5.58. The Hall–Kier alpha value is -2.69. The van der Waals surface area contributed by atoms with Crippen molar-refractivity contribution in [3.05, 3.63) is 58.9 Å². The van der Waals surface area contributed by atoms with E-state index in [1.807, 2.05) is 36.9 Å². The second-order valence-electron chi connectivity index (χ2n) is 6.21. The van der Waals surface area contributed by atoms with Crippen LogP contribution in [0.1, 0.15) is 44.7 Å². The average Bonchev–Trinajstić information content (AvgIpc) is 3.12. The molecular weight excluding hydrogens is 302 g/mol. The number of amides is 2. The summed E-state index contributed by atoms with van der Waals surface area (Å²) in [5, 5.41) is 2.86. The van der Waals surface area contributed by atoms with Crippen molar-refractivity contribution in [1.29, 1.82) is 0 Å². The zero-order valence-electron chi connectivity index (χ0n) is 14.0. The van der Waals surface area contributed by atoms with Crippen LogP contribution in [0.2, 0.25) is 0 Å². The van der Waals surface area contributed by atoms with Gasteiger partial charge < -0.3 is 10.2 Å². The fourth-order valence-electron chi connectivity index (χ4n) is 2.81. The van der Waals surface area contributed by atoms with Gasteiger partial charge in [0.05, 0.1) is 11.1 Å². The van der Waals surface area contributed by atoms with E-state index < -0.39 is 0 Å². The summed E-state index contributed by atoms with van der Waals surface area (Å²) in [5.41, 5.74) is 3.87. The maximum atomic E-state index is 12.4. The number of aryl methyl sites for hydroxylation is 2. The van der Waals surface area contributed by atoms with Gasteiger partial charge in [0.25, 0.3) is 11.8 Å². The third-order valence-corrected chi connectivity index (χ3v) is 4.41. The normalized spacial score (nSPS) is 13.8. The number of rotatable bonds is 3. The van der Waals surface area contributed by atoms with Crippen LogP contribution in [-0.4, -0.2) is 34.8 Å². The van der Waals surface area contributed by atoms with Crippen molar-refractivity contribution in [3.63, 3.8) is 0 Å². The van der Waals surface area contributed by atoms with Gasteiger partial charge in [-0.2, -0.15) is 0 Å². The number of hydrogen-bond donors (Lipinski definition) is 1. The number of nitrogens with one attached hydrogen (secondary N) is 1. The van der Waals surface area contributed by atoms with Crippen LogP contribution in [0.4, 0.5) is 5.69 Å². The molecule has 0 bridgehead atoms. The number of nitrogens with zero attached hydrogens (tertiary/aromatic N) is 2. The van der Waals surface area contributed by atoms with Crippen molar-refractivity contribution < 1.29 is 9.59 Å². The van der Waals surface area contributed by atoms with Gasteiger partial charge in [-0.3, -0.25) is 14.6 Å². The molecule has 0 atom stereocenters. The minimum absolute atomic E-state index is 0.0548. The predicted molar refractivity (Wildman–Crippen MR) is 93.2 cm³/mol. The number of carbonyl (C=O) groups excluding carboxylic acids is 2. The molecule has 0 unspecified atom stereocenters. The number of anilines is 1. The van der Waals surface area contributed by atoms with Crippen LogP contribution in [0, 0.1) is 13.8 Å². The Morgan fingerprint density at radius 3 is 2.42 bits per heavy atom. The Bertz CT molecular complexity index is 780. The van der Waals surface area contributed by atoms with Gasteiger partial charge in [-0.1, -0.05) is 6.07 Å². The van der Waals surface area contributed by atoms with Crippen molar-refractivity contribution in [2.45, 2.75) is 26.7 Å². The van der Waals surface area contributed by atoms with Gasteiger partial charge in [0, 0.05) is 31.2 Å². The average molecular weight is 323 g/mol. The zero-order chi connectivity index (χ0) is 17.1. The fraction of sp³-hybridized carbons (Fsp3) is 0.316. The fourth-order valence-corrected chi connectivity index (χ4v) is 2.81. The molecule has 3 rings (SSSR count). The maximum Gasteiger partial charge on any atom is 0.257 e. The summed E-state index contributed by atoms with van der Waals surface area (Å²) in [6.07, 6.45) is 5.07. The number of hydrogen-bond acceptors (Lipinski definition) is 3. The second kappa shape index (κ2) is 6.83. The van der Waals surface area contributed by atoms with E-state index in [0.717, 1.165) is 37.2 Å². The monoisotopic (exact) mass is 323 g/mol. The molecular formula is C19H21N3O2. The zero-order valence-corrected chi connectivity index (χ0v) is 14.0. The molecule has 2 heterocycles. The van der Waals surface area contributed by atoms with Crippen molar-refractivity contribution in [1.82, 2.24) is 9.88 Å². The van der Waals surface area contributed by atoms with E-state index in [1.165, 1.54) is 18.0 Å². The van der Waals surface area contributed by atoms with Crippen molar-refractivity contribution in [2.24, 2.45) is 0 Å². The summed E-state index contributed by atoms with van der Waals surface area (Å²) < 4.78 is 0. The molecule has 1 aliphatic heterocycles. The quantitative estimate of drug-likeness (QED) is 0.943. The molecule has 2 aromatic rings. The van der Waals surface area contributed by atoms with Crippen LogP contribution >= 0.6 is 0 Å². The topological polar surface area (TPSA) is 62.3 Å². The molecule has 1 N–H and O–H groups in total. The van der Waals surface area contributed by atoms with Crippen LogP contribution < -0.4 is 5.32 Å². The number of aromatic nitrogens is 1. The van der Waals surface area contributed by atoms with E-state index in [-0.39, 0.29) is 11.8 Å². The number of carbonyl (C=O) groups is 2. The minimum atomic E-state index is -0.262. The molecule has 5 nitrogen and oxygen atoms in total. The first-order chi connectivity index (χ1) is 11.5. The van der Waals surface area contributed by atoms with Gasteiger partial charge >= 0.3 is 0 Å². The Morgan fingerprint density at radius 2 is 1.71 bits per heavy atom. The third kappa shape index (κ3) is 3.45. The molecule has 0 aliphatic carbocycles. The Kier molecular flexibility index (Phi) is 4.60. The van der Waals surface area contributed by atoms with Crippen LogP contribution in [0.15, 0.2) is 36.7 Å². The number of likely N-dealkylation sites (tertiary alicyclic amines) is 1. The van der Waals surface area contributed by atoms with Crippen LogP contribution in [0.5, 0.6) is 0 Å². The highest BCUT2D eigenvalue weighted by Crippen LogP contribution is 2.16. The van der Waals surface area contributed by atoms with Gasteiger partial charge in [0.2, 0.25) is 0 Å². The lowest BCUT2D eigenvalue weighted by Gasteiger charge is -2.15. The largest absolute Gasteiger partial charge is 0.339 e. The first-order valence-corrected chi connectivity index (χ1v) is 8.17. The highest BCUT2D eigenvalue weighted by atomic mass is 16.2. The lowest BCUT2D eigenvalue weighted by molar-refractivity contribution is 0.0792. The van der Waals surface area contributed by atoms with Gasteiger partial charge in [0.15, 0.2) is 0 Å². The molecule has 2 amide bonds. The molecule has 1 aliphatic rings. The van der Waals surface area contributed by atoms with Crippen LogP contribution in [0.3, 0.4) is 0 Å². The van der Waals surface area contributed by atoms with Crippen LogP contribution in [0.25, 0.3) is 0 Å². The summed E-state index contributed by atoms with van der Waals surface area (Å²) in [5.74, 6) is -0.317. The third-order valence-electron chi connectivity index (χ3n) is 4.41. The maximum absolute atomic E-state index is 12.4. The Balaban J connectivity index is 1.76. The predicted octanol–water partition coefficient (Wildman–Crippen LogP) is 3.19. The minimum Gasteiger partial charge on any atom is -0.339 e. The van der Waals surface area contributed by atoms with Gasteiger partial charge in [-0.25, -0.2) is 0 Å². The summed E-state index contributed by atoms with van der Waals surface area (Å²) in [6, 6.07) is 7.38. The highest BCUT2D eigenvalue weighted by molar-refractivity contribution is 6.05. The summed E-state index contributed by atoms with van der Waals surface area (Å²) >= 11 is 0. The van der Waals surface area contributed by atoms with E-state index in [9.17, 15) is 9.59 Å². The lowest BCUT2D eigenvalue weighted by Crippen LogP contribution is -2.28. The van der Waals surface area contributed by atoms with E-state index in [0.29, 0.717) is 11.1 Å². The molecule has 5 heteroatoms. The van der Waals surface area contributed by atoms with E-state index in [2.05, 4.69) is 10.3 Å². The Morgan fingerprint density at radius 1 is 1.00 bits per heavy atom. The molecule has 1 saturated heterocycles. The smallest absolute Gasteiger partial charge is 0.257 e. The van der Waals surface area contributed by atoms with Gasteiger partial charge in [-0.05, 0) is 56.0 Å². The molecule has 1 aromatic carbocycles. The molecule has 0 radical (unpaired) electrons. The first kappa shape index (κ1) is 16.2. The molecule has 124 valence electrons. The highest BCUT2D eigenvalue weighted by Gasteiger charge is 2.20. The van der Waals surface area contributed by atoms with E-state index in [1.54, 1.807) is 6.07 Å². The van der Waals surface area contributed by atoms with Crippen LogP contribution in [-0.2, 0) is 0 Å². The molecule has 24 heavy (non-hydrogen) atoms. The van der Waals surface area contributed by atoms with Crippen molar-refractivity contribution in [3.8, 4) is 0 Å². The van der Waals surface area contributed by atoms with Gasteiger partial charge in [-0.15, -0.1) is 0 Å². The second-order valence-corrected chi connectivity index (χ2v) is 6.21. The van der Waals surface area contributed by atoms with Crippen molar-refractivity contribution in [2.75, 3.05) is 18.4 Å². The first-order valence-electron chi connectivity index (χ1n) is 8.17. The lowest BCUT2D eigenvalue weighted by atomic mass is 10.1. The Labute approximate surface area is 141 Å². The SMILES string of the molecule is Cc1ccc(NC(=O)c2cncc(C(=O)N3CCCC3)c2)cc1C. The van der Waals surface area contributed by atoms with Gasteiger partial charge in [0.1, 0.15) is 0 Å². The molecule has 0 saturated carbocycles. The molecule has 1 fully saturated rings. The molecule has 0 spiro atoms. The standard InChI is InChI=1S/C19H21N3O2/c1-13-5-6-17(9-14(13)2)21-18(23)15-10-16(12-20-11-15)19(24)22-7-3-4-8-22/h5-6,9-12H,3-4,7-8H2,1-2H3,(H,21,23).